The van der Waals surface area contributed by atoms with Crippen molar-refractivity contribution in [2.24, 2.45) is 23.7 Å². The van der Waals surface area contributed by atoms with Gasteiger partial charge in [-0.1, -0.05) is 26.8 Å². The molecule has 1 N–H and O–H groups in total. The topological polar surface area (TPSA) is 12.0 Å². The minimum absolute atomic E-state index is 0.867. The molecule has 1 aliphatic rings. The zero-order chi connectivity index (χ0) is 14.1. The lowest BCUT2D eigenvalue weighted by atomic mass is 9.69. The minimum Gasteiger partial charge on any atom is -0.316 e. The summed E-state index contributed by atoms with van der Waals surface area (Å²) >= 11 is 0. The van der Waals surface area contributed by atoms with Crippen molar-refractivity contribution in [1.29, 1.82) is 0 Å². The number of allylic oxidation sites excluding steroid dienone is 1. The Morgan fingerprint density at radius 1 is 1.26 bits per heavy atom. The fourth-order valence-corrected chi connectivity index (χ4v) is 3.58. The highest BCUT2D eigenvalue weighted by Gasteiger charge is 2.30. The molecule has 0 spiro atoms. The van der Waals surface area contributed by atoms with Gasteiger partial charge in [0, 0.05) is 0 Å². The predicted molar refractivity (Wildman–Crippen MR) is 86.4 cm³/mol. The van der Waals surface area contributed by atoms with E-state index in [1.165, 1.54) is 58.0 Å². The summed E-state index contributed by atoms with van der Waals surface area (Å²) in [5, 5.41) is 3.65. The first-order valence-corrected chi connectivity index (χ1v) is 8.50. The van der Waals surface area contributed by atoms with Gasteiger partial charge in [0.2, 0.25) is 0 Å². The van der Waals surface area contributed by atoms with E-state index in [2.05, 4.69) is 38.7 Å². The molecule has 0 aromatic rings. The van der Waals surface area contributed by atoms with Crippen LogP contribution in [0.2, 0.25) is 0 Å². The van der Waals surface area contributed by atoms with Gasteiger partial charge in [0.15, 0.2) is 0 Å². The summed E-state index contributed by atoms with van der Waals surface area (Å²) in [6.07, 6.45) is 11.6. The maximum atomic E-state index is 3.85. The molecule has 19 heavy (non-hydrogen) atoms. The van der Waals surface area contributed by atoms with Crippen molar-refractivity contribution >= 4 is 0 Å². The van der Waals surface area contributed by atoms with Crippen molar-refractivity contribution in [3.05, 3.63) is 12.7 Å². The largest absolute Gasteiger partial charge is 0.316 e. The number of rotatable bonds is 9. The van der Waals surface area contributed by atoms with E-state index in [-0.39, 0.29) is 0 Å². The molecule has 0 heterocycles. The third-order valence-electron chi connectivity index (χ3n) is 4.94. The molecule has 0 bridgehead atoms. The Balaban J connectivity index is 2.44. The van der Waals surface area contributed by atoms with Gasteiger partial charge in [0.1, 0.15) is 0 Å². The number of unbranched alkanes of at least 4 members (excludes halogenated alkanes) is 1. The standard InChI is InChI=1S/C18H35N/c1-5-7-8-9-17-13-16(15(3)4)10-11-18(17)14-19-12-6-2/h5,15-19H,1,6-14H2,2-4H3. The summed E-state index contributed by atoms with van der Waals surface area (Å²) in [5.74, 6) is 3.71. The summed E-state index contributed by atoms with van der Waals surface area (Å²) in [7, 11) is 0. The first kappa shape index (κ1) is 16.8. The van der Waals surface area contributed by atoms with Crippen LogP contribution in [-0.2, 0) is 0 Å². The predicted octanol–water partition coefficient (Wildman–Crippen LogP) is 5.03. The molecule has 3 atom stereocenters. The van der Waals surface area contributed by atoms with Gasteiger partial charge in [-0.2, -0.15) is 0 Å². The number of hydrogen-bond donors (Lipinski definition) is 1. The molecular formula is C18H35N. The molecule has 0 aliphatic heterocycles. The van der Waals surface area contributed by atoms with Crippen LogP contribution in [0.15, 0.2) is 12.7 Å². The zero-order valence-corrected chi connectivity index (χ0v) is 13.5. The maximum absolute atomic E-state index is 3.85. The van der Waals surface area contributed by atoms with Gasteiger partial charge >= 0.3 is 0 Å². The molecule has 0 saturated heterocycles. The highest BCUT2D eigenvalue weighted by molar-refractivity contribution is 4.83. The molecule has 0 amide bonds. The van der Waals surface area contributed by atoms with Crippen molar-refractivity contribution in [2.45, 2.75) is 65.7 Å². The normalized spacial score (nSPS) is 27.7. The third-order valence-corrected chi connectivity index (χ3v) is 4.94. The van der Waals surface area contributed by atoms with Crippen molar-refractivity contribution in [3.63, 3.8) is 0 Å². The smallest absolute Gasteiger partial charge is 0.00179 e. The summed E-state index contributed by atoms with van der Waals surface area (Å²) in [5.41, 5.74) is 0. The van der Waals surface area contributed by atoms with Gasteiger partial charge in [-0.3, -0.25) is 0 Å². The number of hydrogen-bond acceptors (Lipinski definition) is 1. The first-order chi connectivity index (χ1) is 9.19. The molecule has 1 heteroatoms. The van der Waals surface area contributed by atoms with Crippen molar-refractivity contribution in [3.8, 4) is 0 Å². The van der Waals surface area contributed by atoms with Crippen LogP contribution in [-0.4, -0.2) is 13.1 Å². The fraction of sp³-hybridized carbons (Fsp3) is 0.889. The fourth-order valence-electron chi connectivity index (χ4n) is 3.58. The average Bonchev–Trinajstić information content (AvgIpc) is 2.40. The molecule has 1 rings (SSSR count). The van der Waals surface area contributed by atoms with Crippen LogP contribution in [0.25, 0.3) is 0 Å². The van der Waals surface area contributed by atoms with Crippen molar-refractivity contribution in [1.82, 2.24) is 5.32 Å². The van der Waals surface area contributed by atoms with Crippen LogP contribution in [0, 0.1) is 23.7 Å². The van der Waals surface area contributed by atoms with E-state index in [1.807, 2.05) is 0 Å². The lowest BCUT2D eigenvalue weighted by Gasteiger charge is -2.38. The van der Waals surface area contributed by atoms with Gasteiger partial charge in [-0.25, -0.2) is 0 Å². The second-order valence-electron chi connectivity index (χ2n) is 6.76. The van der Waals surface area contributed by atoms with Crippen LogP contribution in [0.1, 0.15) is 65.7 Å². The summed E-state index contributed by atoms with van der Waals surface area (Å²) in [4.78, 5) is 0. The Kier molecular flexibility index (Phi) is 8.45. The third kappa shape index (κ3) is 6.12. The van der Waals surface area contributed by atoms with E-state index in [1.54, 1.807) is 0 Å². The van der Waals surface area contributed by atoms with Crippen LogP contribution in [0.5, 0.6) is 0 Å². The van der Waals surface area contributed by atoms with Gasteiger partial charge in [-0.15, -0.1) is 6.58 Å². The Hall–Kier alpha value is -0.300. The van der Waals surface area contributed by atoms with Gasteiger partial charge < -0.3 is 5.32 Å². The molecule has 1 nitrogen and oxygen atoms in total. The summed E-state index contributed by atoms with van der Waals surface area (Å²) in [6.45, 7) is 13.3. The summed E-state index contributed by atoms with van der Waals surface area (Å²) in [6, 6.07) is 0. The molecule has 0 aromatic carbocycles. The van der Waals surface area contributed by atoms with E-state index in [9.17, 15) is 0 Å². The summed E-state index contributed by atoms with van der Waals surface area (Å²) < 4.78 is 0. The van der Waals surface area contributed by atoms with Crippen LogP contribution >= 0.6 is 0 Å². The van der Waals surface area contributed by atoms with E-state index in [0.29, 0.717) is 0 Å². The Labute approximate surface area is 121 Å². The molecule has 1 saturated carbocycles. The Morgan fingerprint density at radius 2 is 2.05 bits per heavy atom. The van der Waals surface area contributed by atoms with Crippen LogP contribution in [0.4, 0.5) is 0 Å². The lowest BCUT2D eigenvalue weighted by Crippen LogP contribution is -2.34. The van der Waals surface area contributed by atoms with E-state index in [4.69, 9.17) is 0 Å². The highest BCUT2D eigenvalue weighted by Crippen LogP contribution is 2.39. The molecule has 0 aromatic heterocycles. The highest BCUT2D eigenvalue weighted by atomic mass is 14.9. The van der Waals surface area contributed by atoms with Crippen LogP contribution < -0.4 is 5.32 Å². The second-order valence-corrected chi connectivity index (χ2v) is 6.76. The quantitative estimate of drug-likeness (QED) is 0.455. The minimum atomic E-state index is 0.867. The Bertz CT molecular complexity index is 234. The van der Waals surface area contributed by atoms with Crippen molar-refractivity contribution in [2.75, 3.05) is 13.1 Å². The van der Waals surface area contributed by atoms with Gasteiger partial charge in [0.25, 0.3) is 0 Å². The molecule has 1 aliphatic carbocycles. The zero-order valence-electron chi connectivity index (χ0n) is 13.5. The van der Waals surface area contributed by atoms with E-state index >= 15 is 0 Å². The monoisotopic (exact) mass is 265 g/mol. The maximum Gasteiger partial charge on any atom is -0.00179 e. The number of nitrogens with one attached hydrogen (secondary N) is 1. The van der Waals surface area contributed by atoms with E-state index < -0.39 is 0 Å². The Morgan fingerprint density at radius 3 is 2.68 bits per heavy atom. The average molecular weight is 265 g/mol. The SMILES string of the molecule is C=CCCCC1CC(C(C)C)CCC1CNCCC. The van der Waals surface area contributed by atoms with Crippen molar-refractivity contribution < 1.29 is 0 Å². The molecule has 0 radical (unpaired) electrons. The van der Waals surface area contributed by atoms with Gasteiger partial charge in [0.05, 0.1) is 0 Å². The van der Waals surface area contributed by atoms with Gasteiger partial charge in [-0.05, 0) is 81.7 Å². The lowest BCUT2D eigenvalue weighted by molar-refractivity contribution is 0.136. The molecule has 1 fully saturated rings. The molecule has 112 valence electrons. The van der Waals surface area contributed by atoms with E-state index in [0.717, 1.165) is 23.7 Å². The first-order valence-electron chi connectivity index (χ1n) is 8.50. The second kappa shape index (κ2) is 9.58. The molecule has 3 unspecified atom stereocenters. The molecular weight excluding hydrogens is 230 g/mol. The van der Waals surface area contributed by atoms with Crippen LogP contribution in [0.3, 0.4) is 0 Å².